The predicted octanol–water partition coefficient (Wildman–Crippen LogP) is 1.75. The second kappa shape index (κ2) is 6.88. The maximum absolute atomic E-state index is 12.4. The van der Waals surface area contributed by atoms with Crippen LogP contribution in [0.5, 0.6) is 0 Å². The summed E-state index contributed by atoms with van der Waals surface area (Å²) in [6.07, 6.45) is 0.498. The highest BCUT2D eigenvalue weighted by Crippen LogP contribution is 2.21. The third-order valence-corrected chi connectivity index (χ3v) is 3.55. The number of hydrogen-bond acceptors (Lipinski definition) is 3. The number of halogens is 1. The van der Waals surface area contributed by atoms with Gasteiger partial charge in [-0.05, 0) is 30.7 Å². The molecule has 1 aromatic heterocycles. The largest absolute Gasteiger partial charge is 0.396 e. The summed E-state index contributed by atoms with van der Waals surface area (Å²) in [5, 5.41) is 18.9. The van der Waals surface area contributed by atoms with Crippen molar-refractivity contribution in [1.82, 2.24) is 9.88 Å². The van der Waals surface area contributed by atoms with Gasteiger partial charge in [-0.3, -0.25) is 4.79 Å². The van der Waals surface area contributed by atoms with E-state index >= 15 is 0 Å². The lowest BCUT2D eigenvalue weighted by molar-refractivity contribution is 0.0705. The van der Waals surface area contributed by atoms with E-state index in [9.17, 15) is 4.79 Å². The molecule has 0 saturated heterocycles. The van der Waals surface area contributed by atoms with Crippen LogP contribution in [0.1, 0.15) is 16.9 Å². The predicted molar refractivity (Wildman–Crippen MR) is 80.7 cm³/mol. The molecule has 0 fully saturated rings. The summed E-state index contributed by atoms with van der Waals surface area (Å²) in [5.74, 6) is -0.167. The van der Waals surface area contributed by atoms with Crippen LogP contribution < -0.4 is 0 Å². The number of aliphatic hydroxyl groups is 2. The van der Waals surface area contributed by atoms with Gasteiger partial charge in [0, 0.05) is 35.1 Å². The standard InChI is InChI=1S/C14H17BrN2O3/c15-11-2-3-12-10(8-11)9-13(16-12)14(20)17(5-7-19)4-1-6-18/h2-3,8-9,16,18-19H,1,4-7H2. The Morgan fingerprint density at radius 3 is 2.70 bits per heavy atom. The van der Waals surface area contributed by atoms with Gasteiger partial charge >= 0.3 is 0 Å². The summed E-state index contributed by atoms with van der Waals surface area (Å²) < 4.78 is 0.954. The van der Waals surface area contributed by atoms with E-state index in [2.05, 4.69) is 20.9 Å². The lowest BCUT2D eigenvalue weighted by Gasteiger charge is -2.20. The van der Waals surface area contributed by atoms with Crippen LogP contribution in [-0.2, 0) is 0 Å². The number of aliphatic hydroxyl groups excluding tert-OH is 2. The number of aromatic amines is 1. The molecule has 3 N–H and O–H groups in total. The van der Waals surface area contributed by atoms with E-state index < -0.39 is 0 Å². The van der Waals surface area contributed by atoms with Crippen molar-refractivity contribution in [1.29, 1.82) is 0 Å². The SMILES string of the molecule is O=C(c1cc2cc(Br)ccc2[nH]1)N(CCO)CCCO. The smallest absolute Gasteiger partial charge is 0.270 e. The van der Waals surface area contributed by atoms with Gasteiger partial charge in [-0.25, -0.2) is 0 Å². The Morgan fingerprint density at radius 1 is 1.20 bits per heavy atom. The molecule has 1 aromatic carbocycles. The summed E-state index contributed by atoms with van der Waals surface area (Å²) in [7, 11) is 0. The molecule has 1 amide bonds. The molecular formula is C14H17BrN2O3. The Morgan fingerprint density at radius 2 is 2.00 bits per heavy atom. The van der Waals surface area contributed by atoms with Gasteiger partial charge in [0.25, 0.3) is 5.91 Å². The summed E-state index contributed by atoms with van der Waals surface area (Å²) in [6.45, 7) is 0.616. The van der Waals surface area contributed by atoms with Crippen molar-refractivity contribution in [3.63, 3.8) is 0 Å². The van der Waals surface area contributed by atoms with Gasteiger partial charge in [-0.15, -0.1) is 0 Å². The fraction of sp³-hybridized carbons (Fsp3) is 0.357. The minimum Gasteiger partial charge on any atom is -0.396 e. The Kier molecular flexibility index (Phi) is 5.17. The minimum atomic E-state index is -0.167. The first-order valence-corrected chi connectivity index (χ1v) is 7.24. The number of fused-ring (bicyclic) bond motifs is 1. The van der Waals surface area contributed by atoms with Crippen molar-refractivity contribution in [3.8, 4) is 0 Å². The van der Waals surface area contributed by atoms with E-state index in [-0.39, 0.29) is 25.7 Å². The number of hydrogen-bond donors (Lipinski definition) is 3. The zero-order chi connectivity index (χ0) is 14.5. The minimum absolute atomic E-state index is 0.0227. The van der Waals surface area contributed by atoms with E-state index in [1.54, 1.807) is 6.07 Å². The van der Waals surface area contributed by atoms with Crippen molar-refractivity contribution in [3.05, 3.63) is 34.4 Å². The van der Waals surface area contributed by atoms with Crippen molar-refractivity contribution in [2.45, 2.75) is 6.42 Å². The molecule has 0 radical (unpaired) electrons. The Labute approximate surface area is 125 Å². The summed E-state index contributed by atoms with van der Waals surface area (Å²) in [5.41, 5.74) is 1.38. The number of carbonyl (C=O) groups is 1. The van der Waals surface area contributed by atoms with Gasteiger partial charge in [-0.1, -0.05) is 15.9 Å². The van der Waals surface area contributed by atoms with Crippen LogP contribution in [0, 0.1) is 0 Å². The molecule has 0 spiro atoms. The quantitative estimate of drug-likeness (QED) is 0.749. The molecule has 0 atom stereocenters. The zero-order valence-electron chi connectivity index (χ0n) is 11.0. The monoisotopic (exact) mass is 340 g/mol. The summed E-state index contributed by atoms with van der Waals surface area (Å²) >= 11 is 3.40. The highest BCUT2D eigenvalue weighted by Gasteiger charge is 2.17. The maximum Gasteiger partial charge on any atom is 0.270 e. The average Bonchev–Trinajstić information content (AvgIpc) is 2.85. The second-order valence-electron chi connectivity index (χ2n) is 4.51. The lowest BCUT2D eigenvalue weighted by atomic mass is 10.2. The normalized spacial score (nSPS) is 10.9. The van der Waals surface area contributed by atoms with Crippen LogP contribution in [-0.4, -0.2) is 52.3 Å². The molecule has 0 unspecified atom stereocenters. The van der Waals surface area contributed by atoms with E-state index in [1.807, 2.05) is 18.2 Å². The molecule has 0 aliphatic rings. The van der Waals surface area contributed by atoms with E-state index in [1.165, 1.54) is 4.90 Å². The molecule has 0 aliphatic heterocycles. The number of rotatable bonds is 6. The number of amides is 1. The third kappa shape index (κ3) is 3.39. The number of nitrogens with zero attached hydrogens (tertiary/aromatic N) is 1. The highest BCUT2D eigenvalue weighted by atomic mass is 79.9. The first-order chi connectivity index (χ1) is 9.65. The molecule has 6 heteroatoms. The molecule has 0 aliphatic carbocycles. The van der Waals surface area contributed by atoms with Gasteiger partial charge in [-0.2, -0.15) is 0 Å². The van der Waals surface area contributed by atoms with Crippen LogP contribution in [0.25, 0.3) is 10.9 Å². The highest BCUT2D eigenvalue weighted by molar-refractivity contribution is 9.10. The van der Waals surface area contributed by atoms with Crippen molar-refractivity contribution >= 4 is 32.7 Å². The van der Waals surface area contributed by atoms with E-state index in [0.717, 1.165) is 15.4 Å². The molecule has 20 heavy (non-hydrogen) atoms. The Hall–Kier alpha value is -1.37. The second-order valence-corrected chi connectivity index (χ2v) is 5.42. The van der Waals surface area contributed by atoms with E-state index in [4.69, 9.17) is 10.2 Å². The van der Waals surface area contributed by atoms with Gasteiger partial charge in [0.05, 0.1) is 6.61 Å². The van der Waals surface area contributed by atoms with Gasteiger partial charge in [0.2, 0.25) is 0 Å². The zero-order valence-corrected chi connectivity index (χ0v) is 12.6. The first-order valence-electron chi connectivity index (χ1n) is 6.45. The van der Waals surface area contributed by atoms with Gasteiger partial charge in [0.15, 0.2) is 0 Å². The molecule has 2 aromatic rings. The van der Waals surface area contributed by atoms with Crippen LogP contribution >= 0.6 is 15.9 Å². The van der Waals surface area contributed by atoms with Crippen LogP contribution in [0.4, 0.5) is 0 Å². The molecule has 0 bridgehead atoms. The number of benzene rings is 1. The molecule has 0 saturated carbocycles. The molecule has 108 valence electrons. The fourth-order valence-electron chi connectivity index (χ4n) is 2.09. The summed E-state index contributed by atoms with van der Waals surface area (Å²) in [4.78, 5) is 17.0. The Bertz CT molecular complexity index is 597. The van der Waals surface area contributed by atoms with Crippen molar-refractivity contribution in [2.75, 3.05) is 26.3 Å². The third-order valence-electron chi connectivity index (χ3n) is 3.06. The van der Waals surface area contributed by atoms with E-state index in [0.29, 0.717) is 18.7 Å². The van der Waals surface area contributed by atoms with Crippen LogP contribution in [0.15, 0.2) is 28.7 Å². The first kappa shape index (κ1) is 15.0. The Balaban J connectivity index is 2.23. The number of carbonyl (C=O) groups excluding carboxylic acids is 1. The fourth-order valence-corrected chi connectivity index (χ4v) is 2.47. The van der Waals surface area contributed by atoms with Crippen molar-refractivity contribution < 1.29 is 15.0 Å². The van der Waals surface area contributed by atoms with Gasteiger partial charge in [0.1, 0.15) is 5.69 Å². The van der Waals surface area contributed by atoms with Gasteiger partial charge < -0.3 is 20.1 Å². The number of aromatic nitrogens is 1. The average molecular weight is 341 g/mol. The number of nitrogens with one attached hydrogen (secondary N) is 1. The summed E-state index contributed by atoms with van der Waals surface area (Å²) in [6, 6.07) is 7.54. The maximum atomic E-state index is 12.4. The molecular weight excluding hydrogens is 324 g/mol. The lowest BCUT2D eigenvalue weighted by Crippen LogP contribution is -2.35. The molecule has 1 heterocycles. The van der Waals surface area contributed by atoms with Crippen LogP contribution in [0.3, 0.4) is 0 Å². The number of H-pyrrole nitrogens is 1. The van der Waals surface area contributed by atoms with Crippen molar-refractivity contribution in [2.24, 2.45) is 0 Å². The molecule has 5 nitrogen and oxygen atoms in total. The molecule has 2 rings (SSSR count). The van der Waals surface area contributed by atoms with Crippen LogP contribution in [0.2, 0.25) is 0 Å². The topological polar surface area (TPSA) is 76.6 Å².